The summed E-state index contributed by atoms with van der Waals surface area (Å²) in [4.78, 5) is 14.2. The van der Waals surface area contributed by atoms with E-state index in [9.17, 15) is 4.79 Å². The summed E-state index contributed by atoms with van der Waals surface area (Å²) < 4.78 is 5.79. The van der Waals surface area contributed by atoms with E-state index in [4.69, 9.17) is 27.9 Å². The quantitative estimate of drug-likeness (QED) is 0.747. The minimum absolute atomic E-state index is 0.0811. The molecule has 0 aliphatic rings. The molecule has 0 aromatic heterocycles. The Morgan fingerprint density at radius 1 is 1.13 bits per heavy atom. The molecule has 2 aromatic rings. The lowest BCUT2D eigenvalue weighted by molar-refractivity contribution is -0.138. The van der Waals surface area contributed by atoms with Crippen LogP contribution in [0.5, 0.6) is 5.75 Å². The fourth-order valence-electron chi connectivity index (χ4n) is 2.19. The summed E-state index contributed by atoms with van der Waals surface area (Å²) in [5.74, 6) is 0.441. The second-order valence-corrected chi connectivity index (χ2v) is 6.11. The van der Waals surface area contributed by atoms with Crippen LogP contribution in [0.25, 0.3) is 0 Å². The van der Waals surface area contributed by atoms with E-state index in [1.165, 1.54) is 0 Å². The lowest BCUT2D eigenvalue weighted by Gasteiger charge is -2.24. The molecule has 3 nitrogen and oxygen atoms in total. The van der Waals surface area contributed by atoms with Gasteiger partial charge in [-0.15, -0.1) is 0 Å². The minimum Gasteiger partial charge on any atom is -0.479 e. The van der Waals surface area contributed by atoms with Gasteiger partial charge in [0.15, 0.2) is 6.10 Å². The van der Waals surface area contributed by atoms with Crippen molar-refractivity contribution in [3.05, 3.63) is 64.1 Å². The van der Waals surface area contributed by atoms with Crippen molar-refractivity contribution < 1.29 is 9.53 Å². The van der Waals surface area contributed by atoms with Crippen LogP contribution in [0.4, 0.5) is 0 Å². The molecule has 0 aliphatic carbocycles. The average molecular weight is 352 g/mol. The van der Waals surface area contributed by atoms with E-state index in [0.717, 1.165) is 5.56 Å². The fourth-order valence-corrected chi connectivity index (χ4v) is 2.50. The van der Waals surface area contributed by atoms with Crippen LogP contribution in [-0.2, 0) is 11.3 Å². The maximum atomic E-state index is 12.6. The highest BCUT2D eigenvalue weighted by Gasteiger charge is 2.23. The topological polar surface area (TPSA) is 29.5 Å². The van der Waals surface area contributed by atoms with E-state index in [-0.39, 0.29) is 5.91 Å². The molecule has 0 heterocycles. The summed E-state index contributed by atoms with van der Waals surface area (Å²) in [5.41, 5.74) is 1.01. The monoisotopic (exact) mass is 351 g/mol. The number of carbonyl (C=O) groups excluding carboxylic acids is 1. The number of carbonyl (C=O) groups is 1. The van der Waals surface area contributed by atoms with Crippen LogP contribution < -0.4 is 4.74 Å². The number of nitrogens with zero attached hydrogens (tertiary/aromatic N) is 1. The molecule has 23 heavy (non-hydrogen) atoms. The summed E-state index contributed by atoms with van der Waals surface area (Å²) in [6.07, 6.45) is 0.00172. The largest absolute Gasteiger partial charge is 0.479 e. The van der Waals surface area contributed by atoms with Gasteiger partial charge in [0.1, 0.15) is 5.75 Å². The highest BCUT2D eigenvalue weighted by atomic mass is 35.5. The first-order chi connectivity index (χ1) is 11.0. The summed E-state index contributed by atoms with van der Waals surface area (Å²) in [5, 5.41) is 1.18. The van der Waals surface area contributed by atoms with Crippen molar-refractivity contribution in [3.63, 3.8) is 0 Å². The van der Waals surface area contributed by atoms with Crippen molar-refractivity contribution >= 4 is 29.1 Å². The van der Waals surface area contributed by atoms with Crippen molar-refractivity contribution in [3.8, 4) is 5.75 Å². The predicted molar refractivity (Wildman–Crippen MR) is 94.1 cm³/mol. The van der Waals surface area contributed by atoms with Crippen molar-refractivity contribution in [2.24, 2.45) is 0 Å². The van der Waals surface area contributed by atoms with Gasteiger partial charge in [0.05, 0.1) is 5.02 Å². The number of benzene rings is 2. The summed E-state index contributed by atoms with van der Waals surface area (Å²) in [6, 6.07) is 14.6. The van der Waals surface area contributed by atoms with Gasteiger partial charge in [-0.25, -0.2) is 0 Å². The molecule has 5 heteroatoms. The minimum atomic E-state index is -0.563. The first-order valence-electron chi connectivity index (χ1n) is 7.42. The Balaban J connectivity index is 2.03. The van der Waals surface area contributed by atoms with E-state index in [1.54, 1.807) is 24.1 Å². The zero-order valence-electron chi connectivity index (χ0n) is 13.1. The molecule has 1 amide bonds. The van der Waals surface area contributed by atoms with Crippen LogP contribution in [0, 0.1) is 0 Å². The normalized spacial score (nSPS) is 11.8. The van der Waals surface area contributed by atoms with Gasteiger partial charge in [0.2, 0.25) is 0 Å². The molecule has 0 unspecified atom stereocenters. The third-order valence-electron chi connectivity index (χ3n) is 3.46. The number of amides is 1. The van der Waals surface area contributed by atoms with Crippen molar-refractivity contribution in [1.29, 1.82) is 0 Å². The van der Waals surface area contributed by atoms with Gasteiger partial charge in [0, 0.05) is 18.6 Å². The zero-order chi connectivity index (χ0) is 16.8. The van der Waals surface area contributed by atoms with Crippen LogP contribution in [0.15, 0.2) is 48.5 Å². The molecular weight excluding hydrogens is 333 g/mol. The Labute approximate surface area is 146 Å². The van der Waals surface area contributed by atoms with Crippen LogP contribution >= 0.6 is 23.2 Å². The summed E-state index contributed by atoms with van der Waals surface area (Å²) in [6.45, 7) is 2.41. The number of rotatable bonds is 6. The Kier molecular flexibility index (Phi) is 6.31. The number of likely N-dealkylation sites (N-methyl/N-ethyl adjacent to an activating group) is 1. The number of hydrogen-bond acceptors (Lipinski definition) is 2. The van der Waals surface area contributed by atoms with E-state index in [2.05, 4.69) is 0 Å². The molecule has 0 radical (unpaired) electrons. The van der Waals surface area contributed by atoms with E-state index >= 15 is 0 Å². The molecule has 2 aromatic carbocycles. The molecule has 0 spiro atoms. The molecule has 0 bridgehead atoms. The lowest BCUT2D eigenvalue weighted by Crippen LogP contribution is -2.39. The van der Waals surface area contributed by atoms with E-state index in [0.29, 0.717) is 28.8 Å². The maximum absolute atomic E-state index is 12.6. The molecule has 0 saturated carbocycles. The second-order valence-electron chi connectivity index (χ2n) is 5.27. The zero-order valence-corrected chi connectivity index (χ0v) is 14.6. The van der Waals surface area contributed by atoms with Gasteiger partial charge in [-0.2, -0.15) is 0 Å². The number of hydrogen-bond donors (Lipinski definition) is 0. The molecule has 0 saturated heterocycles. The van der Waals surface area contributed by atoms with Crippen LogP contribution in [-0.4, -0.2) is 24.0 Å². The lowest BCUT2D eigenvalue weighted by atomic mass is 10.2. The first-order valence-corrected chi connectivity index (χ1v) is 8.17. The van der Waals surface area contributed by atoms with Gasteiger partial charge < -0.3 is 9.64 Å². The van der Waals surface area contributed by atoms with Gasteiger partial charge >= 0.3 is 0 Å². The van der Waals surface area contributed by atoms with Gasteiger partial charge in [-0.05, 0) is 36.2 Å². The third kappa shape index (κ3) is 4.88. The molecule has 0 fully saturated rings. The second kappa shape index (κ2) is 8.23. The third-order valence-corrected chi connectivity index (χ3v) is 4.03. The predicted octanol–water partition coefficient (Wildman–Crippen LogP) is 4.81. The average Bonchev–Trinajstić information content (AvgIpc) is 2.55. The van der Waals surface area contributed by atoms with Gasteiger partial charge in [0.25, 0.3) is 5.91 Å². The molecular formula is C18H19Cl2NO2. The highest BCUT2D eigenvalue weighted by molar-refractivity contribution is 6.32. The molecule has 0 aliphatic heterocycles. The van der Waals surface area contributed by atoms with Crippen molar-refractivity contribution in [2.45, 2.75) is 26.0 Å². The summed E-state index contributed by atoms with van der Waals surface area (Å²) in [7, 11) is 1.76. The molecule has 0 N–H and O–H groups in total. The van der Waals surface area contributed by atoms with E-state index < -0.39 is 6.10 Å². The Bertz CT molecular complexity index is 658. The van der Waals surface area contributed by atoms with Crippen molar-refractivity contribution in [1.82, 2.24) is 4.90 Å². The number of halogens is 2. The number of para-hydroxylation sites is 1. The van der Waals surface area contributed by atoms with E-state index in [1.807, 2.05) is 43.3 Å². The first kappa shape index (κ1) is 17.6. The Morgan fingerprint density at radius 3 is 2.39 bits per heavy atom. The summed E-state index contributed by atoms with van der Waals surface area (Å²) >= 11 is 12.0. The van der Waals surface area contributed by atoms with Gasteiger partial charge in [-0.3, -0.25) is 4.79 Å². The molecule has 122 valence electrons. The van der Waals surface area contributed by atoms with Crippen molar-refractivity contribution in [2.75, 3.05) is 7.05 Å². The smallest absolute Gasteiger partial charge is 0.263 e. The van der Waals surface area contributed by atoms with Crippen LogP contribution in [0.1, 0.15) is 18.9 Å². The fraction of sp³-hybridized carbons (Fsp3) is 0.278. The van der Waals surface area contributed by atoms with Gasteiger partial charge in [-0.1, -0.05) is 54.4 Å². The standard InChI is InChI=1S/C18H19Cl2NO2/c1-3-16(23-17-7-5-4-6-15(17)20)18(22)21(2)12-13-8-10-14(19)11-9-13/h4-11,16H,3,12H2,1-2H3/t16-/m0/s1. The molecule has 1 atom stereocenters. The van der Waals surface area contributed by atoms with Crippen LogP contribution in [0.3, 0.4) is 0 Å². The van der Waals surface area contributed by atoms with Crippen LogP contribution in [0.2, 0.25) is 10.0 Å². The Morgan fingerprint density at radius 2 is 1.78 bits per heavy atom. The molecule has 2 rings (SSSR count). The highest BCUT2D eigenvalue weighted by Crippen LogP contribution is 2.25. The maximum Gasteiger partial charge on any atom is 0.263 e. The SMILES string of the molecule is CC[C@H](Oc1ccccc1Cl)C(=O)N(C)Cc1ccc(Cl)cc1. The Hall–Kier alpha value is -1.71. The number of ether oxygens (including phenoxy) is 1.